The Morgan fingerprint density at radius 1 is 0.935 bits per heavy atom. The van der Waals surface area contributed by atoms with Gasteiger partial charge < -0.3 is 24.9 Å². The lowest BCUT2D eigenvalue weighted by molar-refractivity contribution is -0.139. The fourth-order valence-corrected chi connectivity index (χ4v) is 3.64. The number of carboxylic acid groups (broad SMARTS) is 1. The molecule has 0 radical (unpaired) electrons. The van der Waals surface area contributed by atoms with Crippen molar-refractivity contribution in [2.45, 2.75) is 13.0 Å². The molecule has 1 aromatic heterocycles. The minimum absolute atomic E-state index is 0.385. The fourth-order valence-electron chi connectivity index (χ4n) is 3.64. The number of benzene rings is 3. The number of nitrogens with two attached hydrogens (primary N) is 1. The van der Waals surface area contributed by atoms with Crippen molar-refractivity contribution >= 4 is 33.6 Å². The van der Waals surface area contributed by atoms with Gasteiger partial charge in [0.15, 0.2) is 6.61 Å². The molecular weight excluding hydrogens is 396 g/mol. The lowest BCUT2D eigenvalue weighted by Gasteiger charge is -2.12. The van der Waals surface area contributed by atoms with E-state index in [2.05, 4.69) is 0 Å². The molecule has 0 aliphatic rings. The van der Waals surface area contributed by atoms with Gasteiger partial charge in [-0.25, -0.2) is 4.79 Å². The molecule has 0 saturated carbocycles. The predicted molar refractivity (Wildman–Crippen MR) is 118 cm³/mol. The van der Waals surface area contributed by atoms with Gasteiger partial charge in [0.25, 0.3) is 5.91 Å². The van der Waals surface area contributed by atoms with E-state index in [-0.39, 0.29) is 0 Å². The number of primary amides is 1. The van der Waals surface area contributed by atoms with E-state index >= 15 is 0 Å². The van der Waals surface area contributed by atoms with E-state index in [0.717, 1.165) is 27.4 Å². The van der Waals surface area contributed by atoms with E-state index in [9.17, 15) is 9.59 Å². The van der Waals surface area contributed by atoms with Crippen molar-refractivity contribution in [3.63, 3.8) is 0 Å². The molecule has 0 bridgehead atoms. The average molecular weight is 418 g/mol. The summed E-state index contributed by atoms with van der Waals surface area (Å²) in [5.41, 5.74) is 6.71. The molecule has 31 heavy (non-hydrogen) atoms. The topological polar surface area (TPSA) is 104 Å². The monoisotopic (exact) mass is 418 g/mol. The third-order valence-corrected chi connectivity index (χ3v) is 5.02. The molecule has 7 heteroatoms. The van der Waals surface area contributed by atoms with Crippen LogP contribution < -0.4 is 15.2 Å². The molecule has 3 N–H and O–H groups in total. The van der Waals surface area contributed by atoms with Gasteiger partial charge in [0.2, 0.25) is 0 Å². The van der Waals surface area contributed by atoms with Crippen LogP contribution >= 0.6 is 0 Å². The van der Waals surface area contributed by atoms with Gasteiger partial charge >= 0.3 is 5.97 Å². The van der Waals surface area contributed by atoms with Crippen molar-refractivity contribution in [1.29, 1.82) is 0 Å². The van der Waals surface area contributed by atoms with Crippen molar-refractivity contribution < 1.29 is 24.2 Å². The van der Waals surface area contributed by atoms with Gasteiger partial charge in [0, 0.05) is 23.4 Å². The first-order chi connectivity index (χ1) is 15.0. The minimum atomic E-state index is -1.06. The number of aromatic nitrogens is 1. The predicted octanol–water partition coefficient (Wildman–Crippen LogP) is 3.83. The first-order valence-corrected chi connectivity index (χ1v) is 9.91. The number of aliphatic carboxylic acids is 1. The van der Waals surface area contributed by atoms with Crippen molar-refractivity contribution in [2.75, 3.05) is 13.2 Å². The highest BCUT2D eigenvalue weighted by Crippen LogP contribution is 2.27. The van der Waals surface area contributed by atoms with Crippen LogP contribution in [0.3, 0.4) is 0 Å². The number of carboxylic acids is 1. The molecule has 7 nitrogen and oxygen atoms in total. The van der Waals surface area contributed by atoms with E-state index in [0.29, 0.717) is 31.0 Å². The molecule has 158 valence electrons. The Hall–Kier alpha value is -4.00. The molecule has 0 atom stereocenters. The summed E-state index contributed by atoms with van der Waals surface area (Å²) >= 11 is 0. The number of ether oxygens (including phenoxy) is 2. The Labute approximate surface area is 178 Å². The molecule has 1 heterocycles. The largest absolute Gasteiger partial charge is 0.493 e. The number of fused-ring (bicyclic) bond motifs is 2. The summed E-state index contributed by atoms with van der Waals surface area (Å²) in [6.07, 6.45) is 0.646. The molecule has 0 unspecified atom stereocenters. The standard InChI is InChI=1S/C24H22N2O5/c25-24(29)21-13-17-9-10-18(31-15-23(27)28)14-20(17)26(21)11-4-12-30-22-8-3-6-16-5-1-2-7-19(16)22/h1-3,5-10,13-14H,4,11-12,15H2,(H2,25,29)(H,27,28). The number of carbonyl (C=O) groups excluding carboxylic acids is 1. The first-order valence-electron chi connectivity index (χ1n) is 9.91. The van der Waals surface area contributed by atoms with Crippen molar-refractivity contribution in [3.05, 3.63) is 72.4 Å². The third-order valence-electron chi connectivity index (χ3n) is 5.02. The number of hydrogen-bond acceptors (Lipinski definition) is 4. The van der Waals surface area contributed by atoms with E-state index in [1.807, 2.05) is 47.0 Å². The number of hydrogen-bond donors (Lipinski definition) is 2. The first kappa shape index (κ1) is 20.3. The Bertz CT molecular complexity index is 1260. The highest BCUT2D eigenvalue weighted by molar-refractivity contribution is 5.98. The van der Waals surface area contributed by atoms with Gasteiger partial charge in [-0.15, -0.1) is 0 Å². The Kier molecular flexibility index (Phi) is 5.75. The van der Waals surface area contributed by atoms with Crippen molar-refractivity contribution in [2.24, 2.45) is 5.73 Å². The zero-order valence-electron chi connectivity index (χ0n) is 16.8. The smallest absolute Gasteiger partial charge is 0.341 e. The van der Waals surface area contributed by atoms with Crippen LogP contribution in [0.25, 0.3) is 21.7 Å². The number of aryl methyl sites for hydroxylation is 1. The maximum absolute atomic E-state index is 12.0. The molecule has 0 spiro atoms. The van der Waals surface area contributed by atoms with E-state index in [1.54, 1.807) is 24.3 Å². The van der Waals surface area contributed by atoms with E-state index in [1.165, 1.54) is 0 Å². The minimum Gasteiger partial charge on any atom is -0.493 e. The second-order valence-electron chi connectivity index (χ2n) is 7.13. The van der Waals surface area contributed by atoms with Crippen LogP contribution in [0.2, 0.25) is 0 Å². The third kappa shape index (κ3) is 4.45. The zero-order valence-corrected chi connectivity index (χ0v) is 16.8. The lowest BCUT2D eigenvalue weighted by Crippen LogP contribution is -2.17. The quantitative estimate of drug-likeness (QED) is 0.402. The van der Waals surface area contributed by atoms with Crippen LogP contribution in [-0.2, 0) is 11.3 Å². The summed E-state index contributed by atoms with van der Waals surface area (Å²) in [6.45, 7) is 0.532. The summed E-state index contributed by atoms with van der Waals surface area (Å²) in [7, 11) is 0. The summed E-state index contributed by atoms with van der Waals surface area (Å²) < 4.78 is 13.1. The van der Waals surface area contributed by atoms with Gasteiger partial charge in [0.1, 0.15) is 17.2 Å². The molecule has 4 rings (SSSR count). The summed E-state index contributed by atoms with van der Waals surface area (Å²) in [5.74, 6) is -0.356. The maximum atomic E-state index is 12.0. The second kappa shape index (κ2) is 8.79. The van der Waals surface area contributed by atoms with Gasteiger partial charge in [-0.05, 0) is 36.1 Å². The molecule has 0 aliphatic carbocycles. The van der Waals surface area contributed by atoms with Crippen molar-refractivity contribution in [3.8, 4) is 11.5 Å². The van der Waals surface area contributed by atoms with Gasteiger partial charge in [-0.1, -0.05) is 36.4 Å². The molecule has 0 aliphatic heterocycles. The van der Waals surface area contributed by atoms with Gasteiger partial charge in [0.05, 0.1) is 12.1 Å². The lowest BCUT2D eigenvalue weighted by atomic mass is 10.1. The summed E-state index contributed by atoms with van der Waals surface area (Å²) in [6, 6.07) is 20.9. The van der Waals surface area contributed by atoms with Crippen LogP contribution in [0.15, 0.2) is 66.7 Å². The highest BCUT2D eigenvalue weighted by Gasteiger charge is 2.14. The van der Waals surface area contributed by atoms with Crippen LogP contribution in [0.4, 0.5) is 0 Å². The van der Waals surface area contributed by atoms with E-state index in [4.69, 9.17) is 20.3 Å². The maximum Gasteiger partial charge on any atom is 0.341 e. The van der Waals surface area contributed by atoms with Crippen molar-refractivity contribution in [1.82, 2.24) is 4.57 Å². The van der Waals surface area contributed by atoms with Crippen LogP contribution in [0, 0.1) is 0 Å². The average Bonchev–Trinajstić information content (AvgIpc) is 3.13. The van der Waals surface area contributed by atoms with Crippen LogP contribution in [0.5, 0.6) is 11.5 Å². The van der Waals surface area contributed by atoms with Gasteiger partial charge in [-0.2, -0.15) is 0 Å². The highest BCUT2D eigenvalue weighted by atomic mass is 16.5. The summed E-state index contributed by atoms with van der Waals surface area (Å²) in [5, 5.41) is 11.8. The SMILES string of the molecule is NC(=O)c1cc2ccc(OCC(=O)O)cc2n1CCCOc1cccc2ccccc12. The summed E-state index contributed by atoms with van der Waals surface area (Å²) in [4.78, 5) is 22.7. The molecule has 4 aromatic rings. The van der Waals surface area contributed by atoms with Crippen LogP contribution in [0.1, 0.15) is 16.9 Å². The normalized spacial score (nSPS) is 11.0. The van der Waals surface area contributed by atoms with Gasteiger partial charge in [-0.3, -0.25) is 4.79 Å². The number of rotatable bonds is 9. The zero-order chi connectivity index (χ0) is 21.8. The molecule has 0 saturated heterocycles. The van der Waals surface area contributed by atoms with Crippen LogP contribution in [-0.4, -0.2) is 34.8 Å². The second-order valence-corrected chi connectivity index (χ2v) is 7.13. The number of amides is 1. The molecule has 3 aromatic carbocycles. The molecule has 1 amide bonds. The number of carbonyl (C=O) groups is 2. The Balaban J connectivity index is 1.51. The number of nitrogens with zero attached hydrogens (tertiary/aromatic N) is 1. The fraction of sp³-hybridized carbons (Fsp3) is 0.167. The van der Waals surface area contributed by atoms with E-state index < -0.39 is 18.5 Å². The molecular formula is C24H22N2O5. The molecule has 0 fully saturated rings. The Morgan fingerprint density at radius 2 is 1.74 bits per heavy atom. The Morgan fingerprint density at radius 3 is 2.55 bits per heavy atom.